The Labute approximate surface area is 108 Å². The molecule has 18 heavy (non-hydrogen) atoms. The van der Waals surface area contributed by atoms with Crippen LogP contribution in [-0.2, 0) is 0 Å². The third-order valence-electron chi connectivity index (χ3n) is 3.28. The number of aromatic nitrogens is 1. The molecule has 3 nitrogen and oxygen atoms in total. The molecule has 0 radical (unpaired) electrons. The van der Waals surface area contributed by atoms with Crippen molar-refractivity contribution in [1.29, 1.82) is 0 Å². The lowest BCUT2D eigenvalue weighted by atomic mass is 9.99. The number of pyridine rings is 1. The van der Waals surface area contributed by atoms with Gasteiger partial charge in [-0.05, 0) is 19.4 Å². The van der Waals surface area contributed by atoms with Crippen LogP contribution in [0.5, 0.6) is 0 Å². The van der Waals surface area contributed by atoms with Crippen LogP contribution in [-0.4, -0.2) is 36.1 Å². The van der Waals surface area contributed by atoms with Gasteiger partial charge >= 0.3 is 0 Å². The van der Waals surface area contributed by atoms with Crippen LogP contribution in [0.1, 0.15) is 24.9 Å². The average Bonchev–Trinajstić information content (AvgIpc) is 2.38. The van der Waals surface area contributed by atoms with Crippen LogP contribution < -0.4 is 5.32 Å². The van der Waals surface area contributed by atoms with Crippen molar-refractivity contribution in [1.82, 2.24) is 15.2 Å². The summed E-state index contributed by atoms with van der Waals surface area (Å²) in [5, 5.41) is 3.32. The molecule has 4 heteroatoms. The first-order valence-corrected chi connectivity index (χ1v) is 6.38. The molecule has 1 aromatic rings. The molecule has 1 atom stereocenters. The molecular formula is C14H20FN3. The molecule has 0 aromatic carbocycles. The van der Waals surface area contributed by atoms with E-state index in [-0.39, 0.29) is 12.0 Å². The predicted octanol–water partition coefficient (Wildman–Crippen LogP) is 2.13. The Balaban J connectivity index is 2.24. The Morgan fingerprint density at radius 1 is 1.56 bits per heavy atom. The van der Waals surface area contributed by atoms with Gasteiger partial charge in [0, 0.05) is 44.0 Å². The summed E-state index contributed by atoms with van der Waals surface area (Å²) in [7, 11) is 0. The molecular weight excluding hydrogens is 229 g/mol. The Morgan fingerprint density at radius 3 is 2.89 bits per heavy atom. The highest BCUT2D eigenvalue weighted by atomic mass is 19.1. The van der Waals surface area contributed by atoms with E-state index in [2.05, 4.69) is 21.8 Å². The lowest BCUT2D eigenvalue weighted by Gasteiger charge is -2.35. The topological polar surface area (TPSA) is 28.2 Å². The highest BCUT2D eigenvalue weighted by Gasteiger charge is 2.24. The Kier molecular flexibility index (Phi) is 4.44. The average molecular weight is 249 g/mol. The maximum absolute atomic E-state index is 13.9. The van der Waals surface area contributed by atoms with Crippen molar-refractivity contribution < 1.29 is 4.39 Å². The van der Waals surface area contributed by atoms with Gasteiger partial charge in [-0.3, -0.25) is 4.90 Å². The Bertz CT molecular complexity index is 413. The molecule has 1 aromatic heterocycles. The maximum atomic E-state index is 13.9. The van der Waals surface area contributed by atoms with Gasteiger partial charge in [-0.15, -0.1) is 6.58 Å². The summed E-state index contributed by atoms with van der Waals surface area (Å²) < 4.78 is 13.9. The SMILES string of the molecule is C=C(C)C[C@@H](c1cccnc1F)N1CCNCC1. The minimum absolute atomic E-state index is 0.0540. The zero-order valence-electron chi connectivity index (χ0n) is 10.8. The number of hydrogen-bond donors (Lipinski definition) is 1. The van der Waals surface area contributed by atoms with E-state index in [4.69, 9.17) is 0 Å². The molecule has 1 aliphatic rings. The van der Waals surface area contributed by atoms with Crippen LogP contribution in [0.4, 0.5) is 4.39 Å². The second-order valence-electron chi connectivity index (χ2n) is 4.85. The van der Waals surface area contributed by atoms with E-state index in [0.29, 0.717) is 5.56 Å². The van der Waals surface area contributed by atoms with Crippen molar-refractivity contribution in [3.63, 3.8) is 0 Å². The maximum Gasteiger partial charge on any atom is 0.217 e. The van der Waals surface area contributed by atoms with Gasteiger partial charge in [0.15, 0.2) is 0 Å². The van der Waals surface area contributed by atoms with Crippen molar-refractivity contribution in [2.24, 2.45) is 0 Å². The third kappa shape index (κ3) is 3.15. The normalized spacial score (nSPS) is 18.6. The molecule has 1 aliphatic heterocycles. The van der Waals surface area contributed by atoms with Crippen molar-refractivity contribution in [2.75, 3.05) is 26.2 Å². The number of rotatable bonds is 4. The van der Waals surface area contributed by atoms with Gasteiger partial charge in [0.25, 0.3) is 0 Å². The smallest absolute Gasteiger partial charge is 0.217 e. The van der Waals surface area contributed by atoms with Gasteiger partial charge in [0.2, 0.25) is 5.95 Å². The zero-order chi connectivity index (χ0) is 13.0. The van der Waals surface area contributed by atoms with Gasteiger partial charge in [-0.1, -0.05) is 11.6 Å². The Hall–Kier alpha value is -1.26. The molecule has 0 unspecified atom stereocenters. The molecule has 2 heterocycles. The van der Waals surface area contributed by atoms with Crippen LogP contribution in [0, 0.1) is 5.95 Å². The largest absolute Gasteiger partial charge is 0.314 e. The highest BCUT2D eigenvalue weighted by Crippen LogP contribution is 2.28. The fourth-order valence-electron chi connectivity index (χ4n) is 2.41. The predicted molar refractivity (Wildman–Crippen MR) is 70.8 cm³/mol. The van der Waals surface area contributed by atoms with E-state index in [0.717, 1.165) is 38.2 Å². The quantitative estimate of drug-likeness (QED) is 0.654. The number of hydrogen-bond acceptors (Lipinski definition) is 3. The second kappa shape index (κ2) is 6.07. The minimum atomic E-state index is -0.359. The summed E-state index contributed by atoms with van der Waals surface area (Å²) >= 11 is 0. The number of nitrogens with one attached hydrogen (secondary N) is 1. The standard InChI is InChI=1S/C14H20FN3/c1-11(2)10-13(18-8-6-16-7-9-18)12-4-3-5-17-14(12)15/h3-5,13,16H,1,6-10H2,2H3/t13-/m0/s1. The van der Waals surface area contributed by atoms with E-state index in [1.165, 1.54) is 6.20 Å². The van der Waals surface area contributed by atoms with Crippen LogP contribution >= 0.6 is 0 Å². The van der Waals surface area contributed by atoms with E-state index >= 15 is 0 Å². The summed E-state index contributed by atoms with van der Waals surface area (Å²) in [6.45, 7) is 9.73. The summed E-state index contributed by atoms with van der Waals surface area (Å²) in [5.41, 5.74) is 1.75. The zero-order valence-corrected chi connectivity index (χ0v) is 10.8. The van der Waals surface area contributed by atoms with E-state index in [1.807, 2.05) is 13.0 Å². The van der Waals surface area contributed by atoms with Crippen LogP contribution in [0.25, 0.3) is 0 Å². The second-order valence-corrected chi connectivity index (χ2v) is 4.85. The highest BCUT2D eigenvalue weighted by molar-refractivity contribution is 5.18. The van der Waals surface area contributed by atoms with Crippen LogP contribution in [0.2, 0.25) is 0 Å². The molecule has 0 spiro atoms. The lowest BCUT2D eigenvalue weighted by molar-refractivity contribution is 0.168. The van der Waals surface area contributed by atoms with E-state index in [1.54, 1.807) is 6.07 Å². The molecule has 1 saturated heterocycles. The molecule has 1 fully saturated rings. The van der Waals surface area contributed by atoms with Gasteiger partial charge < -0.3 is 5.32 Å². The number of nitrogens with zero attached hydrogens (tertiary/aromatic N) is 2. The summed E-state index contributed by atoms with van der Waals surface area (Å²) in [6, 6.07) is 3.68. The fourth-order valence-corrected chi connectivity index (χ4v) is 2.41. The minimum Gasteiger partial charge on any atom is -0.314 e. The first kappa shape index (κ1) is 13.2. The molecule has 0 amide bonds. The summed E-state index contributed by atoms with van der Waals surface area (Å²) in [6.07, 6.45) is 2.27. The molecule has 0 aliphatic carbocycles. The summed E-state index contributed by atoms with van der Waals surface area (Å²) in [5.74, 6) is -0.359. The number of piperazine rings is 1. The monoisotopic (exact) mass is 249 g/mol. The van der Waals surface area contributed by atoms with Crippen molar-refractivity contribution in [3.8, 4) is 0 Å². The molecule has 0 bridgehead atoms. The van der Waals surface area contributed by atoms with Crippen molar-refractivity contribution >= 4 is 0 Å². The Morgan fingerprint density at radius 2 is 2.28 bits per heavy atom. The van der Waals surface area contributed by atoms with Gasteiger partial charge in [0.1, 0.15) is 0 Å². The van der Waals surface area contributed by atoms with Crippen LogP contribution in [0.3, 0.4) is 0 Å². The first-order valence-electron chi connectivity index (χ1n) is 6.38. The molecule has 1 N–H and O–H groups in total. The van der Waals surface area contributed by atoms with Gasteiger partial charge in [0.05, 0.1) is 0 Å². The number of halogens is 1. The van der Waals surface area contributed by atoms with Gasteiger partial charge in [-0.2, -0.15) is 4.39 Å². The van der Waals surface area contributed by atoms with Crippen molar-refractivity contribution in [2.45, 2.75) is 19.4 Å². The molecule has 0 saturated carbocycles. The van der Waals surface area contributed by atoms with E-state index in [9.17, 15) is 4.39 Å². The lowest BCUT2D eigenvalue weighted by Crippen LogP contribution is -2.45. The third-order valence-corrected chi connectivity index (χ3v) is 3.28. The van der Waals surface area contributed by atoms with Crippen LogP contribution in [0.15, 0.2) is 30.5 Å². The first-order chi connectivity index (χ1) is 8.68. The molecule has 98 valence electrons. The van der Waals surface area contributed by atoms with Gasteiger partial charge in [-0.25, -0.2) is 4.98 Å². The van der Waals surface area contributed by atoms with E-state index < -0.39 is 0 Å². The van der Waals surface area contributed by atoms with Crippen molar-refractivity contribution in [3.05, 3.63) is 42.0 Å². The summed E-state index contributed by atoms with van der Waals surface area (Å²) in [4.78, 5) is 6.07. The fraction of sp³-hybridized carbons (Fsp3) is 0.500. The molecule has 2 rings (SSSR count).